The minimum absolute atomic E-state index is 0.659. The molecule has 0 spiro atoms. The van der Waals surface area contributed by atoms with Crippen LogP contribution in [0.2, 0.25) is 0 Å². The predicted molar refractivity (Wildman–Crippen MR) is 154 cm³/mol. The lowest BCUT2D eigenvalue weighted by Gasteiger charge is -2.39. The third-order valence-electron chi connectivity index (χ3n) is 8.33. The van der Waals surface area contributed by atoms with Crippen molar-refractivity contribution in [2.75, 3.05) is 72.0 Å². The molecule has 7 nitrogen and oxygen atoms in total. The van der Waals surface area contributed by atoms with Crippen LogP contribution in [0, 0.1) is 0 Å². The van der Waals surface area contributed by atoms with Gasteiger partial charge >= 0.3 is 0 Å². The quantitative estimate of drug-likeness (QED) is 0.522. The number of nitrogens with zero attached hydrogens (tertiary/aromatic N) is 2. The first kappa shape index (κ1) is 28.2. The number of ether oxygens (including phenoxy) is 4. The molecule has 210 valence electrons. The number of anilines is 2. The van der Waals surface area contributed by atoms with Crippen LogP contribution in [-0.2, 0) is 32.1 Å². The maximum Gasteiger partial charge on any atom is 0.131 e. The second-order valence-electron chi connectivity index (χ2n) is 10.3. The number of aliphatic hydroxyl groups excluding tert-OH is 1. The average Bonchev–Trinajstić information content (AvgIpc) is 2.95. The fourth-order valence-electron chi connectivity index (χ4n) is 7.07. The second-order valence-corrected chi connectivity index (χ2v) is 10.3. The Balaban J connectivity index is 0.00000164. The first-order chi connectivity index (χ1) is 18.6. The van der Waals surface area contributed by atoms with E-state index in [1.807, 2.05) is 14.2 Å². The number of methoxy groups -OCH3 is 4. The van der Waals surface area contributed by atoms with Gasteiger partial charge in [-0.25, -0.2) is 0 Å². The van der Waals surface area contributed by atoms with Gasteiger partial charge in [-0.05, 0) is 44.9 Å². The van der Waals surface area contributed by atoms with Crippen LogP contribution >= 0.6 is 0 Å². The molecule has 5 rings (SSSR count). The van der Waals surface area contributed by atoms with E-state index >= 15 is 0 Å². The van der Waals surface area contributed by atoms with Crippen LogP contribution in [0.1, 0.15) is 66.0 Å². The zero-order valence-electron chi connectivity index (χ0n) is 24.5. The summed E-state index contributed by atoms with van der Waals surface area (Å²) in [4.78, 5) is 4.93. The summed E-state index contributed by atoms with van der Waals surface area (Å²) in [5.74, 6) is 3.88. The Morgan fingerprint density at radius 3 is 1.55 bits per heavy atom. The van der Waals surface area contributed by atoms with E-state index in [4.69, 9.17) is 24.1 Å². The SMILES string of the molecule is CCCc1c(OC)c(Cc2c(OC)c3c4c(c2OC)CCCN4CCC3)c(OC)c2c1N(C)CCC2.CO. The smallest absolute Gasteiger partial charge is 0.131 e. The lowest BCUT2D eigenvalue weighted by molar-refractivity contribution is 0.368. The van der Waals surface area contributed by atoms with E-state index in [9.17, 15) is 0 Å². The normalized spacial score (nSPS) is 15.7. The molecule has 0 atom stereocenters. The Bertz CT molecular complexity index is 1110. The summed E-state index contributed by atoms with van der Waals surface area (Å²) in [6.45, 7) is 5.53. The van der Waals surface area contributed by atoms with Gasteiger partial charge in [0.25, 0.3) is 0 Å². The number of aliphatic hydroxyl groups is 1. The van der Waals surface area contributed by atoms with Gasteiger partial charge in [0.2, 0.25) is 0 Å². The Hall–Kier alpha value is -2.80. The summed E-state index contributed by atoms with van der Waals surface area (Å²) in [6.07, 6.45) is 9.26. The highest BCUT2D eigenvalue weighted by molar-refractivity contribution is 5.77. The second kappa shape index (κ2) is 12.4. The zero-order valence-corrected chi connectivity index (χ0v) is 24.5. The molecule has 38 heavy (non-hydrogen) atoms. The van der Waals surface area contributed by atoms with Crippen LogP contribution < -0.4 is 28.7 Å². The van der Waals surface area contributed by atoms with Gasteiger partial charge in [0.15, 0.2) is 0 Å². The number of fused-ring (bicyclic) bond motifs is 1. The molecule has 0 aromatic heterocycles. The highest BCUT2D eigenvalue weighted by atomic mass is 16.5. The standard InChI is InChI=1S/C30H42N2O4.CH4O/c1-7-11-19-25-20(12-8-15-31(25)2)28(34-4)23(27(19)33-3)18-24-29(35-5)21-13-9-16-32-17-10-14-22(26(21)32)30(24)36-6;1-2/h7-18H2,1-6H3;2H,1H3. The van der Waals surface area contributed by atoms with Crippen molar-refractivity contribution in [2.24, 2.45) is 0 Å². The summed E-state index contributed by atoms with van der Waals surface area (Å²) in [7, 11) is 10.4. The molecule has 0 saturated heterocycles. The number of hydrogen-bond donors (Lipinski definition) is 1. The summed E-state index contributed by atoms with van der Waals surface area (Å²) in [5, 5.41) is 7.00. The molecule has 3 heterocycles. The van der Waals surface area contributed by atoms with Crippen LogP contribution in [0.3, 0.4) is 0 Å². The minimum atomic E-state index is 0.659. The fraction of sp³-hybridized carbons (Fsp3) is 0.613. The largest absolute Gasteiger partial charge is 0.496 e. The zero-order chi connectivity index (χ0) is 27.4. The Labute approximate surface area is 228 Å². The molecule has 0 saturated carbocycles. The van der Waals surface area contributed by atoms with Crippen molar-refractivity contribution in [1.29, 1.82) is 0 Å². The van der Waals surface area contributed by atoms with Crippen LogP contribution in [0.4, 0.5) is 11.4 Å². The molecule has 0 radical (unpaired) electrons. The Kier molecular flexibility index (Phi) is 9.19. The summed E-state index contributed by atoms with van der Waals surface area (Å²) < 4.78 is 24.8. The van der Waals surface area contributed by atoms with Crippen molar-refractivity contribution in [2.45, 2.75) is 64.7 Å². The molecule has 3 aliphatic rings. The van der Waals surface area contributed by atoms with Gasteiger partial charge in [0, 0.05) is 73.6 Å². The van der Waals surface area contributed by atoms with E-state index in [1.165, 1.54) is 33.6 Å². The first-order valence-electron chi connectivity index (χ1n) is 14.1. The molecule has 3 aliphatic heterocycles. The van der Waals surface area contributed by atoms with Gasteiger partial charge in [0.1, 0.15) is 23.0 Å². The fourth-order valence-corrected chi connectivity index (χ4v) is 7.07. The topological polar surface area (TPSA) is 63.6 Å². The van der Waals surface area contributed by atoms with Crippen LogP contribution in [-0.4, -0.2) is 67.3 Å². The van der Waals surface area contributed by atoms with Gasteiger partial charge < -0.3 is 33.9 Å². The third kappa shape index (κ3) is 4.63. The van der Waals surface area contributed by atoms with Crippen molar-refractivity contribution in [3.63, 3.8) is 0 Å². The van der Waals surface area contributed by atoms with Gasteiger partial charge in [-0.1, -0.05) is 13.3 Å². The Morgan fingerprint density at radius 2 is 1.08 bits per heavy atom. The highest BCUT2D eigenvalue weighted by Crippen LogP contribution is 2.52. The molecule has 0 amide bonds. The van der Waals surface area contributed by atoms with Crippen LogP contribution in [0.25, 0.3) is 0 Å². The van der Waals surface area contributed by atoms with E-state index in [2.05, 4.69) is 23.8 Å². The highest BCUT2D eigenvalue weighted by Gasteiger charge is 2.35. The number of hydrogen-bond acceptors (Lipinski definition) is 7. The van der Waals surface area contributed by atoms with Crippen molar-refractivity contribution in [1.82, 2.24) is 0 Å². The van der Waals surface area contributed by atoms with E-state index in [0.717, 1.165) is 112 Å². The van der Waals surface area contributed by atoms with Crippen LogP contribution in [0.5, 0.6) is 23.0 Å². The predicted octanol–water partition coefficient (Wildman–Crippen LogP) is 4.95. The molecule has 1 N–H and O–H groups in total. The molecule has 7 heteroatoms. The number of benzene rings is 2. The van der Waals surface area contributed by atoms with Gasteiger partial charge in [-0.3, -0.25) is 0 Å². The average molecular weight is 527 g/mol. The summed E-state index contributed by atoms with van der Waals surface area (Å²) in [6, 6.07) is 0. The molecule has 0 fully saturated rings. The number of rotatable bonds is 8. The lowest BCUT2D eigenvalue weighted by Crippen LogP contribution is -2.35. The first-order valence-corrected chi connectivity index (χ1v) is 14.1. The monoisotopic (exact) mass is 526 g/mol. The maximum absolute atomic E-state index is 7.00. The van der Waals surface area contributed by atoms with E-state index < -0.39 is 0 Å². The minimum Gasteiger partial charge on any atom is -0.496 e. The molecule has 0 unspecified atom stereocenters. The van der Waals surface area contributed by atoms with Crippen molar-refractivity contribution >= 4 is 11.4 Å². The van der Waals surface area contributed by atoms with Gasteiger partial charge in [-0.2, -0.15) is 0 Å². The molecule has 0 aliphatic carbocycles. The van der Waals surface area contributed by atoms with E-state index in [1.54, 1.807) is 14.2 Å². The van der Waals surface area contributed by atoms with E-state index in [-0.39, 0.29) is 0 Å². The van der Waals surface area contributed by atoms with Crippen molar-refractivity contribution in [3.8, 4) is 23.0 Å². The molecular weight excluding hydrogens is 480 g/mol. The van der Waals surface area contributed by atoms with Crippen molar-refractivity contribution < 1.29 is 24.1 Å². The van der Waals surface area contributed by atoms with Gasteiger partial charge in [0.05, 0.1) is 39.8 Å². The molecule has 2 aromatic carbocycles. The van der Waals surface area contributed by atoms with Crippen LogP contribution in [0.15, 0.2) is 0 Å². The maximum atomic E-state index is 7.00. The molecular formula is C31H46N2O5. The molecule has 2 aromatic rings. The molecule has 0 bridgehead atoms. The third-order valence-corrected chi connectivity index (χ3v) is 8.33. The summed E-state index contributed by atoms with van der Waals surface area (Å²) in [5.41, 5.74) is 10.2. The summed E-state index contributed by atoms with van der Waals surface area (Å²) >= 11 is 0. The van der Waals surface area contributed by atoms with Gasteiger partial charge in [-0.15, -0.1) is 0 Å². The lowest BCUT2D eigenvalue weighted by atomic mass is 9.84. The Morgan fingerprint density at radius 1 is 0.632 bits per heavy atom. The van der Waals surface area contributed by atoms with E-state index in [0.29, 0.717) is 6.42 Å². The van der Waals surface area contributed by atoms with Crippen molar-refractivity contribution in [3.05, 3.63) is 33.4 Å².